The van der Waals surface area contributed by atoms with E-state index in [4.69, 9.17) is 0 Å². The molecule has 1 amide bonds. The Morgan fingerprint density at radius 3 is 2.71 bits per heavy atom. The molecule has 1 aliphatic heterocycles. The third kappa shape index (κ3) is 5.26. The van der Waals surface area contributed by atoms with E-state index in [0.29, 0.717) is 0 Å². The van der Waals surface area contributed by atoms with E-state index in [1.54, 1.807) is 0 Å². The SMILES string of the molecule is Cc1nc(C(NC(=O)C(=O)Cc2ccc(Br)cc2)C2CCCCN2)sc1CO. The summed E-state index contributed by atoms with van der Waals surface area (Å²) in [5, 5.41) is 16.6. The summed E-state index contributed by atoms with van der Waals surface area (Å²) in [5.41, 5.74) is 1.56. The molecule has 2 heterocycles. The summed E-state index contributed by atoms with van der Waals surface area (Å²) in [5.74, 6) is -1.07. The molecule has 0 bridgehead atoms. The fourth-order valence-corrected chi connectivity index (χ4v) is 4.63. The number of halogens is 1. The van der Waals surface area contributed by atoms with Crippen molar-refractivity contribution in [3.05, 3.63) is 49.9 Å². The van der Waals surface area contributed by atoms with Gasteiger partial charge in [0.2, 0.25) is 5.78 Å². The topological polar surface area (TPSA) is 91.3 Å². The van der Waals surface area contributed by atoms with Crippen molar-refractivity contribution in [2.24, 2.45) is 0 Å². The van der Waals surface area contributed by atoms with Crippen molar-refractivity contribution >= 4 is 39.0 Å². The summed E-state index contributed by atoms with van der Waals surface area (Å²) < 4.78 is 0.926. The molecule has 6 nitrogen and oxygen atoms in total. The predicted octanol–water partition coefficient (Wildman–Crippen LogP) is 2.82. The van der Waals surface area contributed by atoms with E-state index < -0.39 is 11.7 Å². The van der Waals surface area contributed by atoms with E-state index in [1.165, 1.54) is 11.3 Å². The number of nitrogens with one attached hydrogen (secondary N) is 2. The first-order chi connectivity index (χ1) is 13.5. The Morgan fingerprint density at radius 1 is 1.36 bits per heavy atom. The van der Waals surface area contributed by atoms with E-state index in [0.717, 1.165) is 51.4 Å². The summed E-state index contributed by atoms with van der Waals surface area (Å²) in [6.07, 6.45) is 3.12. The molecule has 8 heteroatoms. The lowest BCUT2D eigenvalue weighted by atomic mass is 9.97. The highest BCUT2D eigenvalue weighted by molar-refractivity contribution is 9.10. The molecule has 1 aromatic carbocycles. The second-order valence-corrected chi connectivity index (χ2v) is 8.98. The maximum atomic E-state index is 12.6. The standard InChI is InChI=1S/C20H24BrN3O3S/c1-12-17(11-25)28-20(23-12)18(15-4-2-3-9-22-15)24-19(27)16(26)10-13-5-7-14(21)8-6-13/h5-8,15,18,22,25H,2-4,9-11H2,1H3,(H,24,27). The first-order valence-electron chi connectivity index (χ1n) is 9.36. The van der Waals surface area contributed by atoms with E-state index >= 15 is 0 Å². The Morgan fingerprint density at radius 2 is 2.11 bits per heavy atom. The van der Waals surface area contributed by atoms with Crippen LogP contribution in [0.3, 0.4) is 0 Å². The number of aliphatic hydroxyl groups excluding tert-OH is 1. The number of aromatic nitrogens is 1. The Hall–Kier alpha value is -1.61. The number of hydrogen-bond donors (Lipinski definition) is 3. The van der Waals surface area contributed by atoms with Crippen LogP contribution in [0.4, 0.5) is 0 Å². The molecular formula is C20H24BrN3O3S. The van der Waals surface area contributed by atoms with Gasteiger partial charge in [0, 0.05) is 16.9 Å². The van der Waals surface area contributed by atoms with Crippen LogP contribution in [0, 0.1) is 6.92 Å². The first kappa shape index (κ1) is 21.1. The molecule has 28 heavy (non-hydrogen) atoms. The summed E-state index contributed by atoms with van der Waals surface area (Å²) in [6, 6.07) is 7.00. The van der Waals surface area contributed by atoms with Crippen molar-refractivity contribution in [1.82, 2.24) is 15.6 Å². The molecule has 150 valence electrons. The van der Waals surface area contributed by atoms with Gasteiger partial charge in [-0.15, -0.1) is 11.3 Å². The van der Waals surface area contributed by atoms with Crippen molar-refractivity contribution in [1.29, 1.82) is 0 Å². The fraction of sp³-hybridized carbons (Fsp3) is 0.450. The molecule has 1 aliphatic rings. The number of nitrogens with zero attached hydrogens (tertiary/aromatic N) is 1. The molecule has 2 atom stereocenters. The van der Waals surface area contributed by atoms with Gasteiger partial charge in [-0.3, -0.25) is 9.59 Å². The van der Waals surface area contributed by atoms with E-state index in [2.05, 4.69) is 31.5 Å². The molecule has 0 radical (unpaired) electrons. The minimum Gasteiger partial charge on any atom is -0.391 e. The van der Waals surface area contributed by atoms with Gasteiger partial charge < -0.3 is 15.7 Å². The Labute approximate surface area is 176 Å². The first-order valence-corrected chi connectivity index (χ1v) is 11.0. The molecular weight excluding hydrogens is 442 g/mol. The average molecular weight is 466 g/mol. The molecule has 3 rings (SSSR count). The van der Waals surface area contributed by atoms with Gasteiger partial charge in [0.15, 0.2) is 0 Å². The third-order valence-corrected chi connectivity index (χ3v) is 6.64. The Bertz CT molecular complexity index is 832. The number of aryl methyl sites for hydroxylation is 1. The van der Waals surface area contributed by atoms with Crippen molar-refractivity contribution < 1.29 is 14.7 Å². The van der Waals surface area contributed by atoms with Crippen LogP contribution in [0.2, 0.25) is 0 Å². The van der Waals surface area contributed by atoms with Gasteiger partial charge in [-0.1, -0.05) is 34.5 Å². The highest BCUT2D eigenvalue weighted by atomic mass is 79.9. The van der Waals surface area contributed by atoms with Gasteiger partial charge in [-0.25, -0.2) is 4.98 Å². The van der Waals surface area contributed by atoms with Crippen LogP contribution in [0.15, 0.2) is 28.7 Å². The highest BCUT2D eigenvalue weighted by Gasteiger charge is 2.31. The summed E-state index contributed by atoms with van der Waals surface area (Å²) in [7, 11) is 0. The molecule has 0 saturated carbocycles. The molecule has 1 aromatic heterocycles. The molecule has 0 spiro atoms. The van der Waals surface area contributed by atoms with Crippen LogP contribution in [0.1, 0.15) is 46.4 Å². The number of benzene rings is 1. The Balaban J connectivity index is 1.74. The van der Waals surface area contributed by atoms with Crippen molar-refractivity contribution in [2.45, 2.75) is 51.3 Å². The zero-order valence-electron chi connectivity index (χ0n) is 15.7. The fourth-order valence-electron chi connectivity index (χ4n) is 3.32. The molecule has 0 aliphatic carbocycles. The van der Waals surface area contributed by atoms with Gasteiger partial charge in [-0.2, -0.15) is 0 Å². The number of amides is 1. The lowest BCUT2D eigenvalue weighted by Crippen LogP contribution is -2.47. The molecule has 2 unspecified atom stereocenters. The molecule has 3 N–H and O–H groups in total. The molecule has 2 aromatic rings. The maximum absolute atomic E-state index is 12.6. The van der Waals surface area contributed by atoms with Gasteiger partial charge in [-0.05, 0) is 44.0 Å². The number of rotatable bonds is 7. The van der Waals surface area contributed by atoms with Crippen LogP contribution >= 0.6 is 27.3 Å². The molecule has 1 fully saturated rings. The Kier molecular flexibility index (Phi) is 7.34. The smallest absolute Gasteiger partial charge is 0.288 e. The van der Waals surface area contributed by atoms with E-state index in [9.17, 15) is 14.7 Å². The number of Topliss-reactive ketones (excluding diaryl/α,β-unsaturated/α-hetero) is 1. The lowest BCUT2D eigenvalue weighted by Gasteiger charge is -2.30. The summed E-state index contributed by atoms with van der Waals surface area (Å²) in [6.45, 7) is 2.64. The van der Waals surface area contributed by atoms with Crippen LogP contribution in [0.25, 0.3) is 0 Å². The minimum atomic E-state index is -0.598. The zero-order valence-corrected chi connectivity index (χ0v) is 18.1. The van der Waals surface area contributed by atoms with Crippen molar-refractivity contribution in [3.63, 3.8) is 0 Å². The van der Waals surface area contributed by atoms with E-state index in [-0.39, 0.29) is 25.1 Å². The van der Waals surface area contributed by atoms with Gasteiger partial charge >= 0.3 is 0 Å². The summed E-state index contributed by atoms with van der Waals surface area (Å²) in [4.78, 5) is 30.4. The minimum absolute atomic E-state index is 0.0234. The monoisotopic (exact) mass is 465 g/mol. The number of carbonyl (C=O) groups excluding carboxylic acids is 2. The third-order valence-electron chi connectivity index (χ3n) is 4.89. The second kappa shape index (κ2) is 9.73. The second-order valence-electron chi connectivity index (χ2n) is 6.95. The number of carbonyl (C=O) groups is 2. The number of hydrogen-bond acceptors (Lipinski definition) is 6. The average Bonchev–Trinajstić information content (AvgIpc) is 3.08. The quantitative estimate of drug-likeness (QED) is 0.546. The normalized spacial score (nSPS) is 17.9. The maximum Gasteiger partial charge on any atom is 0.288 e. The summed E-state index contributed by atoms with van der Waals surface area (Å²) >= 11 is 4.75. The van der Waals surface area contributed by atoms with Crippen LogP contribution < -0.4 is 10.6 Å². The number of piperidine rings is 1. The zero-order chi connectivity index (χ0) is 20.1. The van der Waals surface area contributed by atoms with Gasteiger partial charge in [0.25, 0.3) is 5.91 Å². The van der Waals surface area contributed by atoms with Crippen molar-refractivity contribution in [3.8, 4) is 0 Å². The van der Waals surface area contributed by atoms with Crippen LogP contribution in [-0.4, -0.2) is 34.4 Å². The van der Waals surface area contributed by atoms with E-state index in [1.807, 2.05) is 31.2 Å². The van der Waals surface area contributed by atoms with Gasteiger partial charge in [0.1, 0.15) is 5.01 Å². The number of aliphatic hydroxyl groups is 1. The van der Waals surface area contributed by atoms with Gasteiger partial charge in [0.05, 0.1) is 23.2 Å². The number of thiazole rings is 1. The predicted molar refractivity (Wildman–Crippen MR) is 112 cm³/mol. The van der Waals surface area contributed by atoms with Crippen LogP contribution in [-0.2, 0) is 22.6 Å². The largest absolute Gasteiger partial charge is 0.391 e. The van der Waals surface area contributed by atoms with Crippen molar-refractivity contribution in [2.75, 3.05) is 6.54 Å². The van der Waals surface area contributed by atoms with Crippen LogP contribution in [0.5, 0.6) is 0 Å². The lowest BCUT2D eigenvalue weighted by molar-refractivity contribution is -0.138. The number of ketones is 1. The molecule has 1 saturated heterocycles. The highest BCUT2D eigenvalue weighted by Crippen LogP contribution is 2.29.